The van der Waals surface area contributed by atoms with Gasteiger partial charge in [-0.05, 0) is 37.9 Å². The van der Waals surface area contributed by atoms with E-state index < -0.39 is 0 Å². The topological polar surface area (TPSA) is 23.8 Å². The van der Waals surface area contributed by atoms with Crippen LogP contribution in [0.4, 0.5) is 0 Å². The molecule has 0 aliphatic carbocycles. The minimum Gasteiger partial charge on any atom is -0.198 e. The van der Waals surface area contributed by atoms with E-state index in [9.17, 15) is 0 Å². The molecule has 1 rings (SSSR count). The van der Waals surface area contributed by atoms with Crippen LogP contribution in [-0.4, -0.2) is 0 Å². The fourth-order valence-corrected chi connectivity index (χ4v) is 2.67. The van der Waals surface area contributed by atoms with Crippen molar-refractivity contribution < 1.29 is 0 Å². The maximum absolute atomic E-state index is 8.35. The summed E-state index contributed by atoms with van der Waals surface area (Å²) < 4.78 is 2.08. The second-order valence-corrected chi connectivity index (χ2v) is 4.98. The predicted molar refractivity (Wildman–Crippen MR) is 49.0 cm³/mol. The normalized spacial score (nSPS) is 9.30. The largest absolute Gasteiger partial charge is 0.198 e. The lowest BCUT2D eigenvalue weighted by Crippen LogP contribution is -1.68. The van der Waals surface area contributed by atoms with Crippen LogP contribution in [0.3, 0.4) is 0 Å². The third-order valence-corrected chi connectivity index (χ3v) is 4.21. The molecule has 1 aromatic heterocycles. The molecule has 0 N–H and O–H groups in total. The molecule has 4 heteroatoms. The van der Waals surface area contributed by atoms with Crippen molar-refractivity contribution in [3.8, 4) is 6.07 Å². The molecule has 1 heterocycles. The monoisotopic (exact) mass is 279 g/mol. The van der Waals surface area contributed by atoms with Gasteiger partial charge in [-0.25, -0.2) is 0 Å². The third kappa shape index (κ3) is 1.82. The summed E-state index contributed by atoms with van der Waals surface area (Å²) in [7, 11) is 0. The third-order valence-electron chi connectivity index (χ3n) is 0.949. The highest BCUT2D eigenvalue weighted by Crippen LogP contribution is 2.32. The predicted octanol–water partition coefficient (Wildman–Crippen LogP) is 3.34. The molecular formula is C6H3Br2NS. The second-order valence-electron chi connectivity index (χ2n) is 1.67. The van der Waals surface area contributed by atoms with Gasteiger partial charge in [0.25, 0.3) is 0 Å². The van der Waals surface area contributed by atoms with Crippen molar-refractivity contribution in [2.75, 3.05) is 0 Å². The summed E-state index contributed by atoms with van der Waals surface area (Å²) in [6.07, 6.45) is 0.495. The highest BCUT2D eigenvalue weighted by Gasteiger charge is 2.02. The first kappa shape index (κ1) is 8.25. The van der Waals surface area contributed by atoms with Gasteiger partial charge in [-0.1, -0.05) is 0 Å². The average molecular weight is 281 g/mol. The Hall–Kier alpha value is 0.150. The summed E-state index contributed by atoms with van der Waals surface area (Å²) >= 11 is 8.27. The summed E-state index contributed by atoms with van der Waals surface area (Å²) in [6, 6.07) is 4.05. The molecule has 1 aromatic rings. The maximum Gasteiger partial charge on any atom is 0.0843 e. The molecule has 0 atom stereocenters. The van der Waals surface area contributed by atoms with Crippen molar-refractivity contribution in [3.63, 3.8) is 0 Å². The van der Waals surface area contributed by atoms with Crippen LogP contribution in [-0.2, 0) is 6.42 Å². The number of nitrogens with zero attached hydrogens (tertiary/aromatic N) is 1. The smallest absolute Gasteiger partial charge is 0.0843 e. The van der Waals surface area contributed by atoms with E-state index in [1.165, 1.54) is 0 Å². The summed E-state index contributed by atoms with van der Waals surface area (Å²) in [5.74, 6) is 0. The Morgan fingerprint density at radius 3 is 2.70 bits per heavy atom. The van der Waals surface area contributed by atoms with Gasteiger partial charge in [-0.2, -0.15) is 5.26 Å². The van der Waals surface area contributed by atoms with Gasteiger partial charge < -0.3 is 0 Å². The minimum atomic E-state index is 0.495. The molecule has 0 aromatic carbocycles. The highest BCUT2D eigenvalue weighted by atomic mass is 79.9. The van der Waals surface area contributed by atoms with E-state index in [-0.39, 0.29) is 0 Å². The Balaban J connectivity index is 2.90. The molecule has 0 fully saturated rings. The van der Waals surface area contributed by atoms with Gasteiger partial charge in [-0.3, -0.25) is 0 Å². The molecule has 0 amide bonds. The van der Waals surface area contributed by atoms with Crippen LogP contribution in [0.15, 0.2) is 14.3 Å². The zero-order valence-corrected chi connectivity index (χ0v) is 8.88. The SMILES string of the molecule is N#CCc1cc(Br)c(Br)s1. The Bertz CT molecular complexity index is 254. The lowest BCUT2D eigenvalue weighted by Gasteiger charge is -1.77. The number of halogens is 2. The van der Waals surface area contributed by atoms with Gasteiger partial charge in [0, 0.05) is 9.35 Å². The van der Waals surface area contributed by atoms with Crippen LogP contribution in [0.2, 0.25) is 0 Å². The van der Waals surface area contributed by atoms with Gasteiger partial charge in [-0.15, -0.1) is 11.3 Å². The lowest BCUT2D eigenvalue weighted by atomic mass is 10.4. The summed E-state index contributed by atoms with van der Waals surface area (Å²) in [5, 5.41) is 8.35. The molecule has 0 saturated heterocycles. The fourth-order valence-electron chi connectivity index (χ4n) is 0.556. The van der Waals surface area contributed by atoms with Crippen LogP contribution in [0.1, 0.15) is 4.88 Å². The minimum absolute atomic E-state index is 0.495. The van der Waals surface area contributed by atoms with E-state index >= 15 is 0 Å². The number of hydrogen-bond acceptors (Lipinski definition) is 2. The first-order chi connectivity index (χ1) is 4.74. The molecule has 0 spiro atoms. The van der Waals surface area contributed by atoms with Crippen molar-refractivity contribution in [1.29, 1.82) is 5.26 Å². The van der Waals surface area contributed by atoms with Crippen LogP contribution >= 0.6 is 43.2 Å². The van der Waals surface area contributed by atoms with Crippen molar-refractivity contribution in [3.05, 3.63) is 19.2 Å². The zero-order chi connectivity index (χ0) is 7.56. The fraction of sp³-hybridized carbons (Fsp3) is 0.167. The first-order valence-electron chi connectivity index (χ1n) is 2.54. The van der Waals surface area contributed by atoms with Gasteiger partial charge in [0.05, 0.1) is 16.3 Å². The van der Waals surface area contributed by atoms with E-state index in [4.69, 9.17) is 5.26 Å². The van der Waals surface area contributed by atoms with Crippen molar-refractivity contribution in [2.45, 2.75) is 6.42 Å². The Morgan fingerprint density at radius 2 is 2.30 bits per heavy atom. The second kappa shape index (κ2) is 3.51. The maximum atomic E-state index is 8.35. The molecule has 1 nitrogen and oxygen atoms in total. The average Bonchev–Trinajstić information content (AvgIpc) is 2.14. The molecule has 0 bridgehead atoms. The van der Waals surface area contributed by atoms with Crippen LogP contribution in [0.25, 0.3) is 0 Å². The summed E-state index contributed by atoms with van der Waals surface area (Å²) in [6.45, 7) is 0. The van der Waals surface area contributed by atoms with Crippen LogP contribution < -0.4 is 0 Å². The van der Waals surface area contributed by atoms with E-state index in [2.05, 4.69) is 37.9 Å². The van der Waals surface area contributed by atoms with Crippen molar-refractivity contribution >= 4 is 43.2 Å². The van der Waals surface area contributed by atoms with Crippen molar-refractivity contribution in [2.24, 2.45) is 0 Å². The summed E-state index contributed by atoms with van der Waals surface area (Å²) in [5.41, 5.74) is 0. The molecule has 0 aliphatic rings. The zero-order valence-electron chi connectivity index (χ0n) is 4.90. The molecule has 0 unspecified atom stereocenters. The quantitative estimate of drug-likeness (QED) is 0.774. The van der Waals surface area contributed by atoms with Crippen LogP contribution in [0, 0.1) is 11.3 Å². The molecular weight excluding hydrogens is 278 g/mol. The molecule has 0 radical (unpaired) electrons. The van der Waals surface area contributed by atoms with Gasteiger partial charge >= 0.3 is 0 Å². The summed E-state index contributed by atoms with van der Waals surface area (Å²) in [4.78, 5) is 1.08. The van der Waals surface area contributed by atoms with E-state index in [1.54, 1.807) is 11.3 Å². The van der Waals surface area contributed by atoms with Gasteiger partial charge in [0.2, 0.25) is 0 Å². The van der Waals surface area contributed by atoms with Crippen LogP contribution in [0.5, 0.6) is 0 Å². The Morgan fingerprint density at radius 1 is 1.60 bits per heavy atom. The van der Waals surface area contributed by atoms with Crippen molar-refractivity contribution in [1.82, 2.24) is 0 Å². The molecule has 0 aliphatic heterocycles. The molecule has 52 valence electrons. The number of rotatable bonds is 1. The first-order valence-corrected chi connectivity index (χ1v) is 4.95. The van der Waals surface area contributed by atoms with E-state index in [0.29, 0.717) is 6.42 Å². The number of thiophene rings is 1. The van der Waals surface area contributed by atoms with Gasteiger partial charge in [0.1, 0.15) is 0 Å². The Kier molecular flexibility index (Phi) is 2.90. The number of nitriles is 1. The highest BCUT2D eigenvalue weighted by molar-refractivity contribution is 9.13. The van der Waals surface area contributed by atoms with Gasteiger partial charge in [0.15, 0.2) is 0 Å². The standard InChI is InChI=1S/C6H3Br2NS/c7-5-3-4(1-2-9)10-6(5)8/h3H,1H2. The van der Waals surface area contributed by atoms with E-state index in [1.807, 2.05) is 6.07 Å². The molecule has 0 saturated carbocycles. The lowest BCUT2D eigenvalue weighted by molar-refractivity contribution is 1.32. The molecule has 10 heavy (non-hydrogen) atoms. The number of hydrogen-bond donors (Lipinski definition) is 0. The van der Waals surface area contributed by atoms with E-state index in [0.717, 1.165) is 13.1 Å². The Labute approximate surface area is 79.9 Å².